The monoisotopic (exact) mass is 274 g/mol. The molecule has 0 aliphatic carbocycles. The minimum Gasteiger partial charge on any atom is -0.497 e. The van der Waals surface area contributed by atoms with Gasteiger partial charge in [-0.2, -0.15) is 5.10 Å². The Hall–Kier alpha value is -1.85. The molecule has 2 N–H and O–H groups in total. The van der Waals surface area contributed by atoms with Gasteiger partial charge in [0.15, 0.2) is 0 Å². The lowest BCUT2D eigenvalue weighted by Gasteiger charge is -2.23. The number of hydrogen-bond acceptors (Lipinski definition) is 4. The van der Waals surface area contributed by atoms with Gasteiger partial charge in [-0.3, -0.25) is 5.10 Å². The highest BCUT2D eigenvalue weighted by molar-refractivity contribution is 5.29. The van der Waals surface area contributed by atoms with Crippen molar-refractivity contribution in [3.8, 4) is 5.75 Å². The van der Waals surface area contributed by atoms with Gasteiger partial charge in [0.2, 0.25) is 0 Å². The lowest BCUT2D eigenvalue weighted by molar-refractivity contribution is 0.339. The molecule has 0 bridgehead atoms. The predicted octanol–water partition coefficient (Wildman–Crippen LogP) is 1.81. The van der Waals surface area contributed by atoms with Crippen molar-refractivity contribution < 1.29 is 4.74 Å². The van der Waals surface area contributed by atoms with E-state index >= 15 is 0 Å². The number of hydrogen-bond donors (Lipinski definition) is 2. The van der Waals surface area contributed by atoms with Gasteiger partial charge < -0.3 is 15.0 Å². The van der Waals surface area contributed by atoms with Crippen molar-refractivity contribution in [2.24, 2.45) is 0 Å². The maximum Gasteiger partial charge on any atom is 0.118 e. The van der Waals surface area contributed by atoms with Crippen LogP contribution in [0.5, 0.6) is 5.75 Å². The number of ether oxygens (including phenoxy) is 1. The summed E-state index contributed by atoms with van der Waals surface area (Å²) in [6.07, 6.45) is 1.77. The maximum absolute atomic E-state index is 5.20. The van der Waals surface area contributed by atoms with Crippen molar-refractivity contribution in [1.29, 1.82) is 0 Å². The van der Waals surface area contributed by atoms with Crippen molar-refractivity contribution >= 4 is 0 Å². The van der Waals surface area contributed by atoms with Gasteiger partial charge in [-0.15, -0.1) is 0 Å². The van der Waals surface area contributed by atoms with Gasteiger partial charge in [0, 0.05) is 31.0 Å². The lowest BCUT2D eigenvalue weighted by Crippen LogP contribution is -2.31. The fourth-order valence-corrected chi connectivity index (χ4v) is 2.11. The van der Waals surface area contributed by atoms with E-state index in [1.54, 1.807) is 13.3 Å². The van der Waals surface area contributed by atoms with Gasteiger partial charge in [0.25, 0.3) is 0 Å². The summed E-state index contributed by atoms with van der Waals surface area (Å²) in [5.41, 5.74) is 2.33. The van der Waals surface area contributed by atoms with Crippen LogP contribution in [0.4, 0.5) is 0 Å². The molecule has 5 heteroatoms. The third kappa shape index (κ3) is 4.08. The molecule has 0 aliphatic heterocycles. The number of rotatable bonds is 7. The average Bonchev–Trinajstić information content (AvgIpc) is 2.96. The molecule has 2 aromatic rings. The highest BCUT2D eigenvalue weighted by atomic mass is 16.5. The Kier molecular flexibility index (Phi) is 5.15. The van der Waals surface area contributed by atoms with E-state index in [0.29, 0.717) is 0 Å². The Morgan fingerprint density at radius 2 is 2.00 bits per heavy atom. The Bertz CT molecular complexity index is 493. The molecular weight excluding hydrogens is 252 g/mol. The number of H-pyrrole nitrogens is 1. The van der Waals surface area contributed by atoms with Gasteiger partial charge >= 0.3 is 0 Å². The number of aromatic amines is 1. The standard InChI is InChI=1S/C15H22N4O/c1-19(2)11-15(16-10-13-8-9-17-18-13)12-4-6-14(20-3)7-5-12/h4-9,15-16H,10-11H2,1-3H3,(H,17,18)/t15-/m0/s1. The molecule has 0 unspecified atom stereocenters. The summed E-state index contributed by atoms with van der Waals surface area (Å²) in [7, 11) is 5.84. The first-order chi connectivity index (χ1) is 9.69. The van der Waals surface area contributed by atoms with E-state index in [9.17, 15) is 0 Å². The second kappa shape index (κ2) is 7.07. The fourth-order valence-electron chi connectivity index (χ4n) is 2.11. The molecule has 0 saturated carbocycles. The molecule has 0 spiro atoms. The summed E-state index contributed by atoms with van der Waals surface area (Å²) in [6.45, 7) is 1.70. The molecule has 5 nitrogen and oxygen atoms in total. The van der Waals surface area contributed by atoms with Crippen LogP contribution in [-0.2, 0) is 6.54 Å². The number of methoxy groups -OCH3 is 1. The van der Waals surface area contributed by atoms with Crippen LogP contribution in [0, 0.1) is 0 Å². The van der Waals surface area contributed by atoms with E-state index in [4.69, 9.17) is 4.74 Å². The zero-order valence-corrected chi connectivity index (χ0v) is 12.3. The van der Waals surface area contributed by atoms with Crippen LogP contribution < -0.4 is 10.1 Å². The van der Waals surface area contributed by atoms with Crippen LogP contribution in [-0.4, -0.2) is 42.8 Å². The number of nitrogens with one attached hydrogen (secondary N) is 2. The number of likely N-dealkylation sites (N-methyl/N-ethyl adjacent to an activating group) is 1. The first-order valence-electron chi connectivity index (χ1n) is 6.69. The number of aromatic nitrogens is 2. The summed E-state index contributed by atoms with van der Waals surface area (Å²) in [5.74, 6) is 0.880. The largest absolute Gasteiger partial charge is 0.497 e. The van der Waals surface area contributed by atoms with E-state index in [-0.39, 0.29) is 6.04 Å². The quantitative estimate of drug-likeness (QED) is 0.808. The SMILES string of the molecule is COc1ccc([C@H](CN(C)C)NCc2ccn[nH]2)cc1. The van der Waals surface area contributed by atoms with Crippen molar-refractivity contribution in [3.63, 3.8) is 0 Å². The molecule has 20 heavy (non-hydrogen) atoms. The normalized spacial score (nSPS) is 12.6. The molecule has 1 heterocycles. The Balaban J connectivity index is 2.05. The minimum atomic E-state index is 0.263. The zero-order valence-electron chi connectivity index (χ0n) is 12.3. The predicted molar refractivity (Wildman–Crippen MR) is 79.7 cm³/mol. The van der Waals surface area contributed by atoms with E-state index in [2.05, 4.69) is 46.6 Å². The Morgan fingerprint density at radius 1 is 1.25 bits per heavy atom. The van der Waals surface area contributed by atoms with Crippen LogP contribution in [0.1, 0.15) is 17.3 Å². The second-order valence-electron chi connectivity index (χ2n) is 5.05. The first kappa shape index (κ1) is 14.6. The third-order valence-corrected chi connectivity index (χ3v) is 3.16. The molecule has 1 atom stereocenters. The summed E-state index contributed by atoms with van der Waals surface area (Å²) < 4.78 is 5.20. The second-order valence-corrected chi connectivity index (χ2v) is 5.05. The summed E-state index contributed by atoms with van der Waals surface area (Å²) >= 11 is 0. The van der Waals surface area contributed by atoms with Crippen molar-refractivity contribution in [3.05, 3.63) is 47.8 Å². The summed E-state index contributed by atoms with van der Waals surface area (Å²) in [5, 5.41) is 10.5. The molecule has 0 aliphatic rings. The first-order valence-corrected chi connectivity index (χ1v) is 6.69. The maximum atomic E-state index is 5.20. The molecule has 0 radical (unpaired) electrons. The molecule has 2 rings (SSSR count). The highest BCUT2D eigenvalue weighted by Gasteiger charge is 2.12. The van der Waals surface area contributed by atoms with E-state index in [1.807, 2.05) is 18.2 Å². The van der Waals surface area contributed by atoms with E-state index in [0.717, 1.165) is 24.5 Å². The fraction of sp³-hybridized carbons (Fsp3) is 0.400. The Morgan fingerprint density at radius 3 is 2.55 bits per heavy atom. The number of nitrogens with zero attached hydrogens (tertiary/aromatic N) is 2. The zero-order chi connectivity index (χ0) is 14.4. The van der Waals surface area contributed by atoms with Crippen LogP contribution in [0.15, 0.2) is 36.5 Å². The smallest absolute Gasteiger partial charge is 0.118 e. The molecule has 0 fully saturated rings. The Labute approximate surface area is 119 Å². The minimum absolute atomic E-state index is 0.263. The van der Waals surface area contributed by atoms with Crippen LogP contribution >= 0.6 is 0 Å². The van der Waals surface area contributed by atoms with E-state index < -0.39 is 0 Å². The molecule has 1 aromatic carbocycles. The number of benzene rings is 1. The molecule has 0 amide bonds. The van der Waals surface area contributed by atoms with Gasteiger partial charge in [-0.05, 0) is 37.9 Å². The van der Waals surface area contributed by atoms with Gasteiger partial charge in [0.05, 0.1) is 7.11 Å². The molecule has 0 saturated heterocycles. The average molecular weight is 274 g/mol. The van der Waals surface area contributed by atoms with Gasteiger partial charge in [-0.25, -0.2) is 0 Å². The molecular formula is C15H22N4O. The van der Waals surface area contributed by atoms with Crippen LogP contribution in [0.2, 0.25) is 0 Å². The van der Waals surface area contributed by atoms with E-state index in [1.165, 1.54) is 5.56 Å². The van der Waals surface area contributed by atoms with Crippen molar-refractivity contribution in [1.82, 2.24) is 20.4 Å². The summed E-state index contributed by atoms with van der Waals surface area (Å²) in [4.78, 5) is 2.18. The molecule has 1 aromatic heterocycles. The summed E-state index contributed by atoms with van der Waals surface area (Å²) in [6, 6.07) is 10.4. The highest BCUT2D eigenvalue weighted by Crippen LogP contribution is 2.18. The van der Waals surface area contributed by atoms with Crippen molar-refractivity contribution in [2.45, 2.75) is 12.6 Å². The van der Waals surface area contributed by atoms with Crippen LogP contribution in [0.3, 0.4) is 0 Å². The van der Waals surface area contributed by atoms with Crippen LogP contribution in [0.25, 0.3) is 0 Å². The molecule has 108 valence electrons. The van der Waals surface area contributed by atoms with Crippen molar-refractivity contribution in [2.75, 3.05) is 27.7 Å². The van der Waals surface area contributed by atoms with Gasteiger partial charge in [-0.1, -0.05) is 12.1 Å². The van der Waals surface area contributed by atoms with Gasteiger partial charge in [0.1, 0.15) is 5.75 Å². The third-order valence-electron chi connectivity index (χ3n) is 3.16. The lowest BCUT2D eigenvalue weighted by atomic mass is 10.1. The topological polar surface area (TPSA) is 53.2 Å².